The van der Waals surface area contributed by atoms with Crippen LogP contribution in [-0.4, -0.2) is 28.2 Å². The molecule has 0 fully saturated rings. The van der Waals surface area contributed by atoms with Crippen LogP contribution in [0.5, 0.6) is 0 Å². The van der Waals surface area contributed by atoms with Crippen LogP contribution in [0.15, 0.2) is 0 Å². The fourth-order valence-electron chi connectivity index (χ4n) is 0. The van der Waals surface area contributed by atoms with Gasteiger partial charge in [-0.2, -0.15) is 0 Å². The standard InChI is InChI=1S/2ClH.H4O4Si.Zn/c;;1-5(2,3)4;/h2*1H;1-4H;/q;;;+2/p-2. The van der Waals surface area contributed by atoms with Gasteiger partial charge in [-0.3, -0.25) is 0 Å². The van der Waals surface area contributed by atoms with Crippen molar-refractivity contribution in [2.24, 2.45) is 0 Å². The zero-order chi connectivity index (χ0) is 4.50. The van der Waals surface area contributed by atoms with Gasteiger partial charge >= 0.3 is 28.5 Å². The molecule has 0 aliphatic rings. The monoisotopic (exact) mass is 230 g/mol. The van der Waals surface area contributed by atoms with Gasteiger partial charge < -0.3 is 44.0 Å². The topological polar surface area (TPSA) is 80.9 Å². The van der Waals surface area contributed by atoms with Gasteiger partial charge in [0, 0.05) is 0 Å². The van der Waals surface area contributed by atoms with E-state index in [1.54, 1.807) is 0 Å². The minimum Gasteiger partial charge on any atom is -1.00 e. The smallest absolute Gasteiger partial charge is 1.00 e. The molecule has 0 aromatic heterocycles. The molecule has 8 heteroatoms. The van der Waals surface area contributed by atoms with Crippen molar-refractivity contribution >= 4 is 9.05 Å². The summed E-state index contributed by atoms with van der Waals surface area (Å²) < 4.78 is 0. The Hall–Kier alpha value is 1.26. The Morgan fingerprint density at radius 1 is 0.750 bits per heavy atom. The van der Waals surface area contributed by atoms with Crippen LogP contribution in [0, 0.1) is 0 Å². The normalized spacial score (nSPS) is 7.50. The van der Waals surface area contributed by atoms with Crippen molar-refractivity contribution in [3.63, 3.8) is 0 Å². The first kappa shape index (κ1) is 22.8. The molecule has 4 nitrogen and oxygen atoms in total. The van der Waals surface area contributed by atoms with Gasteiger partial charge in [-0.15, -0.1) is 0 Å². The molecular formula is H4Cl2O4SiZn. The van der Waals surface area contributed by atoms with E-state index in [4.69, 9.17) is 19.2 Å². The summed E-state index contributed by atoms with van der Waals surface area (Å²) >= 11 is 0. The Labute approximate surface area is 72.6 Å². The number of rotatable bonds is 0. The van der Waals surface area contributed by atoms with Crippen LogP contribution in [0.4, 0.5) is 0 Å². The summed E-state index contributed by atoms with van der Waals surface area (Å²) in [4.78, 5) is 29.3. The van der Waals surface area contributed by atoms with Gasteiger partial charge in [0.25, 0.3) is 0 Å². The molecule has 0 spiro atoms. The van der Waals surface area contributed by atoms with E-state index < -0.39 is 9.05 Å². The van der Waals surface area contributed by atoms with Crippen molar-refractivity contribution in [1.82, 2.24) is 0 Å². The molecule has 0 atom stereocenters. The molecule has 0 bridgehead atoms. The van der Waals surface area contributed by atoms with E-state index >= 15 is 0 Å². The molecule has 0 radical (unpaired) electrons. The maximum Gasteiger partial charge on any atom is 2.00 e. The molecule has 0 amide bonds. The molecule has 0 aromatic carbocycles. The molecule has 8 heavy (non-hydrogen) atoms. The molecule has 0 aromatic rings. The first-order chi connectivity index (χ1) is 2.00. The third-order valence-electron chi connectivity index (χ3n) is 0. The molecular weight excluding hydrogens is 228 g/mol. The molecule has 0 saturated carbocycles. The summed E-state index contributed by atoms with van der Waals surface area (Å²) in [6.07, 6.45) is 0. The predicted octanol–water partition coefficient (Wildman–Crippen LogP) is -8.60. The molecule has 0 aliphatic carbocycles. The van der Waals surface area contributed by atoms with Crippen LogP contribution in [0.3, 0.4) is 0 Å². The molecule has 0 saturated heterocycles. The fourth-order valence-corrected chi connectivity index (χ4v) is 0. The zero-order valence-electron chi connectivity index (χ0n) is 3.75. The first-order valence-corrected chi connectivity index (χ1v) is 2.68. The second-order valence-electron chi connectivity index (χ2n) is 0.600. The van der Waals surface area contributed by atoms with Crippen LogP contribution in [0.1, 0.15) is 0 Å². The second kappa shape index (κ2) is 8.26. The van der Waals surface area contributed by atoms with E-state index in [0.717, 1.165) is 0 Å². The van der Waals surface area contributed by atoms with Crippen molar-refractivity contribution in [1.29, 1.82) is 0 Å². The summed E-state index contributed by atoms with van der Waals surface area (Å²) in [6, 6.07) is 0. The summed E-state index contributed by atoms with van der Waals surface area (Å²) in [5.74, 6) is 0. The van der Waals surface area contributed by atoms with E-state index in [1.165, 1.54) is 0 Å². The van der Waals surface area contributed by atoms with Gasteiger partial charge in [0.15, 0.2) is 0 Å². The van der Waals surface area contributed by atoms with Crippen molar-refractivity contribution < 1.29 is 63.5 Å². The van der Waals surface area contributed by atoms with Gasteiger partial charge in [0.2, 0.25) is 0 Å². The van der Waals surface area contributed by atoms with E-state index in [2.05, 4.69) is 0 Å². The van der Waals surface area contributed by atoms with Crippen molar-refractivity contribution in [2.75, 3.05) is 0 Å². The molecule has 48 valence electrons. The minimum atomic E-state index is -4.61. The fraction of sp³-hybridized carbons (Fsp3) is 0. The molecule has 0 unspecified atom stereocenters. The van der Waals surface area contributed by atoms with Crippen LogP contribution in [-0.2, 0) is 19.5 Å². The van der Waals surface area contributed by atoms with Crippen LogP contribution in [0.25, 0.3) is 0 Å². The maximum absolute atomic E-state index is 7.33. The number of halogens is 2. The Balaban J connectivity index is -0.0000000267. The Bertz CT molecular complexity index is 29.5. The van der Waals surface area contributed by atoms with Gasteiger partial charge in [0.1, 0.15) is 0 Å². The number of hydrogen-bond acceptors (Lipinski definition) is 4. The summed E-state index contributed by atoms with van der Waals surface area (Å²) in [6.45, 7) is 0. The average molecular weight is 232 g/mol. The molecule has 0 rings (SSSR count). The van der Waals surface area contributed by atoms with Crippen LogP contribution < -0.4 is 24.8 Å². The molecule has 4 N–H and O–H groups in total. The summed E-state index contributed by atoms with van der Waals surface area (Å²) in [7, 11) is -4.61. The van der Waals surface area contributed by atoms with Crippen LogP contribution in [0.2, 0.25) is 0 Å². The Morgan fingerprint density at radius 2 is 0.750 bits per heavy atom. The van der Waals surface area contributed by atoms with Gasteiger partial charge in [0.05, 0.1) is 0 Å². The minimum absolute atomic E-state index is 0. The zero-order valence-corrected chi connectivity index (χ0v) is 9.23. The van der Waals surface area contributed by atoms with Gasteiger partial charge in [-0.05, 0) is 0 Å². The second-order valence-corrected chi connectivity index (χ2v) is 1.80. The van der Waals surface area contributed by atoms with Crippen molar-refractivity contribution in [3.05, 3.63) is 0 Å². The van der Waals surface area contributed by atoms with Crippen molar-refractivity contribution in [3.8, 4) is 0 Å². The SMILES string of the molecule is O[Si](O)(O)O.[Cl-].[Cl-].[Zn+2]. The van der Waals surface area contributed by atoms with Gasteiger partial charge in [-0.1, -0.05) is 0 Å². The Kier molecular flexibility index (Phi) is 23.6. The van der Waals surface area contributed by atoms with Crippen LogP contribution >= 0.6 is 0 Å². The third-order valence-corrected chi connectivity index (χ3v) is 0. The molecule has 0 aliphatic heterocycles. The van der Waals surface area contributed by atoms with Crippen molar-refractivity contribution in [2.45, 2.75) is 0 Å². The quantitative estimate of drug-likeness (QED) is 0.313. The summed E-state index contributed by atoms with van der Waals surface area (Å²) in [5, 5.41) is 0. The number of hydrogen-bond donors (Lipinski definition) is 4. The van der Waals surface area contributed by atoms with E-state index in [0.29, 0.717) is 0 Å². The third kappa shape index (κ3) is 179. The van der Waals surface area contributed by atoms with Gasteiger partial charge in [-0.25, -0.2) is 0 Å². The van der Waals surface area contributed by atoms with E-state index in [9.17, 15) is 0 Å². The average Bonchev–Trinajstić information content (AvgIpc) is 0.722. The first-order valence-electron chi connectivity index (χ1n) is 0.894. The van der Waals surface area contributed by atoms with E-state index in [-0.39, 0.29) is 44.3 Å². The largest absolute Gasteiger partial charge is 2.00 e. The van der Waals surface area contributed by atoms with E-state index in [1.807, 2.05) is 0 Å². The Morgan fingerprint density at radius 3 is 0.750 bits per heavy atom. The summed E-state index contributed by atoms with van der Waals surface area (Å²) in [5.41, 5.74) is 0. The maximum atomic E-state index is 7.33. The molecule has 0 heterocycles. The predicted molar refractivity (Wildman–Crippen MR) is 14.6 cm³/mol.